The maximum absolute atomic E-state index is 12.5. The highest BCUT2D eigenvalue weighted by atomic mass is 16.2. The third-order valence-corrected chi connectivity index (χ3v) is 3.43. The van der Waals surface area contributed by atoms with Gasteiger partial charge in [0.15, 0.2) is 5.78 Å². The van der Waals surface area contributed by atoms with E-state index in [2.05, 4.69) is 6.07 Å². The molecule has 19 heavy (non-hydrogen) atoms. The predicted octanol–water partition coefficient (Wildman–Crippen LogP) is 2.26. The zero-order valence-corrected chi connectivity index (χ0v) is 10.9. The van der Waals surface area contributed by atoms with Crippen molar-refractivity contribution in [1.29, 1.82) is 5.26 Å². The third kappa shape index (κ3) is 2.82. The standard InChI is InChI=1S/C15H16N2O2/c1-11(18)13-6-2-3-7-14(13)15(19)17-8-4-5-12(9-16)10-17/h2-3,6-7,12H,4-5,8,10H2,1H3/t12-/m1/s1. The Balaban J connectivity index is 2.25. The van der Waals surface area contributed by atoms with Crippen LogP contribution in [0.15, 0.2) is 24.3 Å². The lowest BCUT2D eigenvalue weighted by atomic mass is 9.97. The molecule has 1 saturated heterocycles. The molecule has 0 aromatic heterocycles. The van der Waals surface area contributed by atoms with Crippen LogP contribution >= 0.6 is 0 Å². The number of nitrogens with zero attached hydrogens (tertiary/aromatic N) is 2. The molecule has 98 valence electrons. The molecule has 1 heterocycles. The van der Waals surface area contributed by atoms with Crippen LogP contribution in [-0.2, 0) is 0 Å². The molecular formula is C15H16N2O2. The first-order valence-corrected chi connectivity index (χ1v) is 6.42. The van der Waals surface area contributed by atoms with Gasteiger partial charge in [-0.25, -0.2) is 0 Å². The molecule has 4 heteroatoms. The van der Waals surface area contributed by atoms with Crippen LogP contribution in [0, 0.1) is 17.2 Å². The Morgan fingerprint density at radius 1 is 1.32 bits per heavy atom. The minimum atomic E-state index is -0.147. The molecule has 4 nitrogen and oxygen atoms in total. The summed E-state index contributed by atoms with van der Waals surface area (Å²) in [6.45, 7) is 2.57. The summed E-state index contributed by atoms with van der Waals surface area (Å²) in [5, 5.41) is 8.96. The molecule has 0 spiro atoms. The van der Waals surface area contributed by atoms with E-state index in [4.69, 9.17) is 5.26 Å². The molecule has 1 amide bonds. The monoisotopic (exact) mass is 256 g/mol. The molecule has 1 aromatic rings. The van der Waals surface area contributed by atoms with Crippen molar-refractivity contribution < 1.29 is 9.59 Å². The molecule has 1 atom stereocenters. The number of nitriles is 1. The third-order valence-electron chi connectivity index (χ3n) is 3.43. The number of rotatable bonds is 2. The van der Waals surface area contributed by atoms with E-state index < -0.39 is 0 Å². The van der Waals surface area contributed by atoms with Crippen molar-refractivity contribution in [2.24, 2.45) is 5.92 Å². The summed E-state index contributed by atoms with van der Waals surface area (Å²) >= 11 is 0. The van der Waals surface area contributed by atoms with Gasteiger partial charge in [0.2, 0.25) is 0 Å². The number of carbonyl (C=O) groups is 2. The number of amides is 1. The number of hydrogen-bond acceptors (Lipinski definition) is 3. The van der Waals surface area contributed by atoms with Crippen molar-refractivity contribution in [3.63, 3.8) is 0 Å². The fourth-order valence-corrected chi connectivity index (χ4v) is 2.41. The number of ketones is 1. The lowest BCUT2D eigenvalue weighted by molar-refractivity contribution is 0.0695. The topological polar surface area (TPSA) is 61.2 Å². The van der Waals surface area contributed by atoms with Gasteiger partial charge in [0.25, 0.3) is 5.91 Å². The zero-order valence-electron chi connectivity index (χ0n) is 10.9. The van der Waals surface area contributed by atoms with Crippen molar-refractivity contribution in [2.75, 3.05) is 13.1 Å². The SMILES string of the molecule is CC(=O)c1ccccc1C(=O)N1CCC[C@H](C#N)C1. The van der Waals surface area contributed by atoms with Crippen molar-refractivity contribution in [3.05, 3.63) is 35.4 Å². The lowest BCUT2D eigenvalue weighted by Crippen LogP contribution is -2.40. The first-order valence-electron chi connectivity index (χ1n) is 6.42. The van der Waals surface area contributed by atoms with Crippen molar-refractivity contribution >= 4 is 11.7 Å². The summed E-state index contributed by atoms with van der Waals surface area (Å²) in [5.74, 6) is -0.356. The van der Waals surface area contributed by atoms with Gasteiger partial charge >= 0.3 is 0 Å². The molecule has 0 radical (unpaired) electrons. The Labute approximate surface area is 112 Å². The Morgan fingerprint density at radius 3 is 2.63 bits per heavy atom. The number of likely N-dealkylation sites (tertiary alicyclic amines) is 1. The fourth-order valence-electron chi connectivity index (χ4n) is 2.41. The van der Waals surface area contributed by atoms with Gasteiger partial charge in [0.05, 0.1) is 17.6 Å². The Morgan fingerprint density at radius 2 is 2.00 bits per heavy atom. The largest absolute Gasteiger partial charge is 0.337 e. The van der Waals surface area contributed by atoms with Gasteiger partial charge in [-0.3, -0.25) is 9.59 Å². The smallest absolute Gasteiger partial charge is 0.254 e. The minimum absolute atomic E-state index is 0.0952. The summed E-state index contributed by atoms with van der Waals surface area (Å²) in [7, 11) is 0. The predicted molar refractivity (Wildman–Crippen MR) is 70.7 cm³/mol. The van der Waals surface area contributed by atoms with Crippen LogP contribution in [0.4, 0.5) is 0 Å². The molecule has 0 bridgehead atoms. The molecule has 0 aliphatic carbocycles. The van der Waals surface area contributed by atoms with Crippen LogP contribution in [0.2, 0.25) is 0 Å². The highest BCUT2D eigenvalue weighted by molar-refractivity contribution is 6.07. The average molecular weight is 256 g/mol. The molecule has 1 aromatic carbocycles. The van der Waals surface area contributed by atoms with Crippen LogP contribution in [0.5, 0.6) is 0 Å². The summed E-state index contributed by atoms with van der Waals surface area (Å²) in [4.78, 5) is 25.7. The molecule has 1 fully saturated rings. The maximum Gasteiger partial charge on any atom is 0.254 e. The molecule has 0 unspecified atom stereocenters. The van der Waals surface area contributed by atoms with E-state index in [0.717, 1.165) is 12.8 Å². The van der Waals surface area contributed by atoms with Crippen molar-refractivity contribution in [2.45, 2.75) is 19.8 Å². The van der Waals surface area contributed by atoms with Crippen LogP contribution in [0.1, 0.15) is 40.5 Å². The van der Waals surface area contributed by atoms with Crippen LogP contribution in [-0.4, -0.2) is 29.7 Å². The fraction of sp³-hybridized carbons (Fsp3) is 0.400. The average Bonchev–Trinajstić information content (AvgIpc) is 2.46. The van der Waals surface area contributed by atoms with E-state index in [-0.39, 0.29) is 17.6 Å². The minimum Gasteiger partial charge on any atom is -0.337 e. The van der Waals surface area contributed by atoms with Gasteiger partial charge in [-0.1, -0.05) is 18.2 Å². The quantitative estimate of drug-likeness (QED) is 0.762. The number of Topliss-reactive ketones (excluding diaryl/α,β-unsaturated/α-hetero) is 1. The second kappa shape index (κ2) is 5.66. The van der Waals surface area contributed by atoms with E-state index in [1.807, 2.05) is 0 Å². The first-order chi connectivity index (χ1) is 9.13. The summed E-state index contributed by atoms with van der Waals surface area (Å²) in [6.07, 6.45) is 1.68. The maximum atomic E-state index is 12.5. The van der Waals surface area contributed by atoms with Crippen molar-refractivity contribution in [1.82, 2.24) is 4.90 Å². The van der Waals surface area contributed by atoms with Crippen LogP contribution in [0.3, 0.4) is 0 Å². The molecular weight excluding hydrogens is 240 g/mol. The Bertz CT molecular complexity index is 545. The van der Waals surface area contributed by atoms with E-state index in [1.54, 1.807) is 29.2 Å². The molecule has 0 saturated carbocycles. The van der Waals surface area contributed by atoms with Crippen LogP contribution < -0.4 is 0 Å². The molecule has 0 N–H and O–H groups in total. The second-order valence-corrected chi connectivity index (χ2v) is 4.82. The zero-order chi connectivity index (χ0) is 13.8. The summed E-state index contributed by atoms with van der Waals surface area (Å²) in [5.41, 5.74) is 0.889. The number of piperidine rings is 1. The van der Waals surface area contributed by atoms with E-state index in [9.17, 15) is 9.59 Å². The van der Waals surface area contributed by atoms with Crippen LogP contribution in [0.25, 0.3) is 0 Å². The molecule has 1 aliphatic heterocycles. The van der Waals surface area contributed by atoms with Gasteiger partial charge in [0, 0.05) is 18.7 Å². The van der Waals surface area contributed by atoms with E-state index >= 15 is 0 Å². The number of hydrogen-bond donors (Lipinski definition) is 0. The summed E-state index contributed by atoms with van der Waals surface area (Å²) in [6, 6.07) is 9.07. The van der Waals surface area contributed by atoms with E-state index in [1.165, 1.54) is 6.92 Å². The number of benzene rings is 1. The Kier molecular flexibility index (Phi) is 3.96. The van der Waals surface area contributed by atoms with Gasteiger partial charge in [-0.15, -0.1) is 0 Å². The lowest BCUT2D eigenvalue weighted by Gasteiger charge is -2.30. The second-order valence-electron chi connectivity index (χ2n) is 4.82. The van der Waals surface area contributed by atoms with Gasteiger partial charge in [0.1, 0.15) is 0 Å². The first kappa shape index (κ1) is 13.3. The highest BCUT2D eigenvalue weighted by Gasteiger charge is 2.26. The Hall–Kier alpha value is -2.15. The summed E-state index contributed by atoms with van der Waals surface area (Å²) < 4.78 is 0. The normalized spacial score (nSPS) is 18.7. The van der Waals surface area contributed by atoms with Gasteiger partial charge in [-0.05, 0) is 25.8 Å². The van der Waals surface area contributed by atoms with Gasteiger partial charge < -0.3 is 4.90 Å². The van der Waals surface area contributed by atoms with Gasteiger partial charge in [-0.2, -0.15) is 5.26 Å². The molecule has 2 rings (SSSR count). The highest BCUT2D eigenvalue weighted by Crippen LogP contribution is 2.19. The van der Waals surface area contributed by atoms with Crippen molar-refractivity contribution in [3.8, 4) is 6.07 Å². The van der Waals surface area contributed by atoms with E-state index in [0.29, 0.717) is 24.2 Å². The number of carbonyl (C=O) groups excluding carboxylic acids is 2. The molecule has 1 aliphatic rings.